The van der Waals surface area contributed by atoms with Crippen molar-refractivity contribution >= 4 is 35.6 Å². The van der Waals surface area contributed by atoms with E-state index >= 15 is 0 Å². The van der Waals surface area contributed by atoms with E-state index in [1.165, 1.54) is 25.3 Å². The molecule has 1 saturated heterocycles. The van der Waals surface area contributed by atoms with Crippen LogP contribution >= 0.6 is 0 Å². The lowest BCUT2D eigenvalue weighted by Crippen LogP contribution is -2.54. The van der Waals surface area contributed by atoms with Crippen LogP contribution in [0.15, 0.2) is 78.4 Å². The predicted molar refractivity (Wildman–Crippen MR) is 126 cm³/mol. The van der Waals surface area contributed by atoms with Gasteiger partial charge in [0.2, 0.25) is 0 Å². The summed E-state index contributed by atoms with van der Waals surface area (Å²) < 4.78 is 11.2. The fourth-order valence-electron chi connectivity index (χ4n) is 3.43. The third kappa shape index (κ3) is 5.03. The minimum Gasteiger partial charge on any atom is -0.493 e. The Labute approximate surface area is 200 Å². The summed E-state index contributed by atoms with van der Waals surface area (Å²) in [7, 11) is 1.45. The number of methoxy groups -OCH3 is 1. The van der Waals surface area contributed by atoms with Crippen LogP contribution in [0.4, 0.5) is 10.5 Å². The van der Waals surface area contributed by atoms with E-state index in [1.54, 1.807) is 60.7 Å². The maximum atomic E-state index is 13.0. The van der Waals surface area contributed by atoms with E-state index in [0.717, 1.165) is 10.5 Å². The van der Waals surface area contributed by atoms with Crippen LogP contribution in [-0.2, 0) is 16.2 Å². The first-order valence-corrected chi connectivity index (χ1v) is 10.5. The highest BCUT2D eigenvalue weighted by molar-refractivity contribution is 6.39. The summed E-state index contributed by atoms with van der Waals surface area (Å²) in [4.78, 5) is 49.5. The van der Waals surface area contributed by atoms with Gasteiger partial charge in [-0.15, -0.1) is 0 Å². The number of carbonyl (C=O) groups excluding carboxylic acids is 3. The topological polar surface area (TPSA) is 122 Å². The maximum absolute atomic E-state index is 13.0. The summed E-state index contributed by atoms with van der Waals surface area (Å²) in [6.07, 6.45) is 1.37. The van der Waals surface area contributed by atoms with E-state index in [4.69, 9.17) is 14.6 Å². The van der Waals surface area contributed by atoms with Gasteiger partial charge in [0, 0.05) is 0 Å². The molecular formula is C26H20N2O7. The molecule has 1 fully saturated rings. The lowest BCUT2D eigenvalue weighted by atomic mass is 10.1. The molecule has 176 valence electrons. The Bertz CT molecular complexity index is 1330. The third-order valence-corrected chi connectivity index (χ3v) is 5.21. The lowest BCUT2D eigenvalue weighted by molar-refractivity contribution is -0.122. The van der Waals surface area contributed by atoms with E-state index in [-0.39, 0.29) is 17.7 Å². The number of rotatable bonds is 7. The smallest absolute Gasteiger partial charge is 0.335 e. The number of carboxylic acids is 1. The number of nitrogens with zero attached hydrogens (tertiary/aromatic N) is 1. The molecule has 9 nitrogen and oxygen atoms in total. The summed E-state index contributed by atoms with van der Waals surface area (Å²) in [6, 6.07) is 18.6. The largest absolute Gasteiger partial charge is 0.493 e. The Balaban J connectivity index is 1.55. The lowest BCUT2D eigenvalue weighted by Gasteiger charge is -2.26. The number of anilines is 1. The van der Waals surface area contributed by atoms with Crippen molar-refractivity contribution in [1.29, 1.82) is 0 Å². The average molecular weight is 472 g/mol. The zero-order valence-corrected chi connectivity index (χ0v) is 18.6. The number of benzene rings is 3. The van der Waals surface area contributed by atoms with Crippen LogP contribution in [0.25, 0.3) is 6.08 Å². The number of ether oxygens (including phenoxy) is 2. The van der Waals surface area contributed by atoms with Gasteiger partial charge in [0.25, 0.3) is 11.8 Å². The minimum atomic E-state index is -1.01. The molecule has 9 heteroatoms. The van der Waals surface area contributed by atoms with Crippen LogP contribution in [0.3, 0.4) is 0 Å². The molecule has 3 aromatic rings. The van der Waals surface area contributed by atoms with Gasteiger partial charge < -0.3 is 14.6 Å². The van der Waals surface area contributed by atoms with E-state index in [0.29, 0.717) is 22.7 Å². The first-order chi connectivity index (χ1) is 16.9. The molecule has 4 rings (SSSR count). The fourth-order valence-corrected chi connectivity index (χ4v) is 3.43. The third-order valence-electron chi connectivity index (χ3n) is 5.21. The summed E-state index contributed by atoms with van der Waals surface area (Å²) in [5.41, 5.74) is 1.56. The Morgan fingerprint density at radius 3 is 2.34 bits per heavy atom. The highest BCUT2D eigenvalue weighted by Gasteiger charge is 2.36. The van der Waals surface area contributed by atoms with E-state index in [2.05, 4.69) is 5.32 Å². The highest BCUT2D eigenvalue weighted by atomic mass is 16.5. The predicted octanol–water partition coefficient (Wildman–Crippen LogP) is 3.64. The van der Waals surface area contributed by atoms with Crippen LogP contribution < -0.4 is 19.7 Å². The van der Waals surface area contributed by atoms with Crippen LogP contribution in [0.5, 0.6) is 11.5 Å². The van der Waals surface area contributed by atoms with Crippen molar-refractivity contribution in [1.82, 2.24) is 5.32 Å². The van der Waals surface area contributed by atoms with Gasteiger partial charge in [0.1, 0.15) is 12.2 Å². The van der Waals surface area contributed by atoms with Crippen molar-refractivity contribution in [2.24, 2.45) is 0 Å². The summed E-state index contributed by atoms with van der Waals surface area (Å²) in [5.74, 6) is -1.77. The number of urea groups is 1. The first-order valence-electron chi connectivity index (χ1n) is 10.5. The monoisotopic (exact) mass is 472 g/mol. The van der Waals surface area contributed by atoms with Gasteiger partial charge in [-0.25, -0.2) is 14.5 Å². The van der Waals surface area contributed by atoms with Gasteiger partial charge in [-0.1, -0.05) is 36.4 Å². The molecule has 0 aliphatic carbocycles. The van der Waals surface area contributed by atoms with Crippen molar-refractivity contribution in [3.05, 3.63) is 95.1 Å². The summed E-state index contributed by atoms with van der Waals surface area (Å²) in [5, 5.41) is 11.2. The average Bonchev–Trinajstić information content (AvgIpc) is 2.86. The van der Waals surface area contributed by atoms with E-state index in [9.17, 15) is 19.2 Å². The molecule has 35 heavy (non-hydrogen) atoms. The number of amides is 4. The zero-order valence-electron chi connectivity index (χ0n) is 18.6. The Kier molecular flexibility index (Phi) is 6.59. The molecule has 0 bridgehead atoms. The highest BCUT2D eigenvalue weighted by Crippen LogP contribution is 2.30. The van der Waals surface area contributed by atoms with Gasteiger partial charge in [-0.2, -0.15) is 0 Å². The molecule has 0 spiro atoms. The second-order valence-corrected chi connectivity index (χ2v) is 7.49. The molecule has 1 aliphatic heterocycles. The zero-order chi connectivity index (χ0) is 24.9. The molecule has 1 heterocycles. The summed E-state index contributed by atoms with van der Waals surface area (Å²) in [6.45, 7) is 0.172. The molecule has 3 aromatic carbocycles. The first kappa shape index (κ1) is 23.2. The number of carbonyl (C=O) groups is 4. The molecule has 0 unspecified atom stereocenters. The molecule has 1 aliphatic rings. The van der Waals surface area contributed by atoms with Crippen LogP contribution in [0.2, 0.25) is 0 Å². The quantitative estimate of drug-likeness (QED) is 0.398. The molecule has 0 atom stereocenters. The number of hydrogen-bond donors (Lipinski definition) is 2. The van der Waals surface area contributed by atoms with Crippen molar-refractivity contribution in [2.45, 2.75) is 6.61 Å². The fraction of sp³-hybridized carbons (Fsp3) is 0.0769. The molecule has 4 amide bonds. The van der Waals surface area contributed by atoms with Gasteiger partial charge in [0.15, 0.2) is 11.5 Å². The Morgan fingerprint density at radius 2 is 1.69 bits per heavy atom. The normalized spacial score (nSPS) is 14.6. The van der Waals surface area contributed by atoms with Crippen molar-refractivity contribution in [2.75, 3.05) is 12.0 Å². The Hall–Kier alpha value is -4.92. The van der Waals surface area contributed by atoms with Crippen molar-refractivity contribution < 1.29 is 33.8 Å². The molecule has 0 aromatic heterocycles. The molecule has 0 radical (unpaired) electrons. The minimum absolute atomic E-state index is 0.172. The second kappa shape index (κ2) is 9.92. The number of para-hydroxylation sites is 1. The maximum Gasteiger partial charge on any atom is 0.335 e. The number of nitrogens with one attached hydrogen (secondary N) is 1. The van der Waals surface area contributed by atoms with Gasteiger partial charge in [-0.3, -0.25) is 14.9 Å². The second-order valence-electron chi connectivity index (χ2n) is 7.49. The van der Waals surface area contributed by atoms with Crippen LogP contribution in [0, 0.1) is 0 Å². The van der Waals surface area contributed by atoms with E-state index < -0.39 is 23.8 Å². The molecular weight excluding hydrogens is 452 g/mol. The number of barbiturate groups is 1. The van der Waals surface area contributed by atoms with Crippen molar-refractivity contribution in [3.8, 4) is 11.5 Å². The SMILES string of the molecule is COc1cc(/C=C2\C(=O)NC(=O)N(c3ccccc3)C2=O)ccc1OCc1ccc(C(=O)O)cc1. The van der Waals surface area contributed by atoms with Crippen LogP contribution in [0.1, 0.15) is 21.5 Å². The molecule has 0 saturated carbocycles. The van der Waals surface area contributed by atoms with Gasteiger partial charge in [-0.05, 0) is 53.6 Å². The Morgan fingerprint density at radius 1 is 0.971 bits per heavy atom. The number of aromatic carboxylic acids is 1. The standard InChI is InChI=1S/C26H20N2O7/c1-34-22-14-17(9-12-21(22)35-15-16-7-10-18(11-8-16)25(31)32)13-20-23(29)27-26(33)28(24(20)30)19-5-3-2-4-6-19/h2-14H,15H2,1H3,(H,31,32)(H,27,29,33)/b20-13+. The number of carboxylic acid groups (broad SMARTS) is 1. The van der Waals surface area contributed by atoms with Gasteiger partial charge in [0.05, 0.1) is 18.4 Å². The number of hydrogen-bond acceptors (Lipinski definition) is 6. The van der Waals surface area contributed by atoms with E-state index in [1.807, 2.05) is 0 Å². The van der Waals surface area contributed by atoms with Gasteiger partial charge >= 0.3 is 12.0 Å². The van der Waals surface area contributed by atoms with Crippen LogP contribution in [-0.4, -0.2) is 36.0 Å². The summed E-state index contributed by atoms with van der Waals surface area (Å²) >= 11 is 0. The number of imide groups is 2. The molecule has 2 N–H and O–H groups in total. The van der Waals surface area contributed by atoms with Crippen molar-refractivity contribution in [3.63, 3.8) is 0 Å².